The number of carbonyl (C=O) groups is 2. The third kappa shape index (κ3) is 5.53. The van der Waals surface area contributed by atoms with Crippen molar-refractivity contribution in [3.05, 3.63) is 35.1 Å². The number of halogens is 1. The highest BCUT2D eigenvalue weighted by molar-refractivity contribution is 5.84. The molecule has 116 valence electrons. The van der Waals surface area contributed by atoms with E-state index in [2.05, 4.69) is 5.32 Å². The minimum atomic E-state index is -1.16. The molecule has 0 spiro atoms. The highest BCUT2D eigenvalue weighted by Crippen LogP contribution is 2.21. The van der Waals surface area contributed by atoms with E-state index in [-0.39, 0.29) is 17.7 Å². The van der Waals surface area contributed by atoms with Gasteiger partial charge in [0.15, 0.2) is 6.04 Å². The molecule has 5 heteroatoms. The molecule has 0 aliphatic carbocycles. The van der Waals surface area contributed by atoms with Crippen molar-refractivity contribution in [3.8, 4) is 0 Å². The molecule has 0 saturated carbocycles. The second-order valence-corrected chi connectivity index (χ2v) is 6.41. The molecule has 21 heavy (non-hydrogen) atoms. The van der Waals surface area contributed by atoms with Crippen LogP contribution in [0.4, 0.5) is 4.39 Å². The number of hydrogen-bond donors (Lipinski definition) is 2. The predicted molar refractivity (Wildman–Crippen MR) is 78.3 cm³/mol. The highest BCUT2D eigenvalue weighted by atomic mass is 19.1. The number of amides is 1. The van der Waals surface area contributed by atoms with Gasteiger partial charge in [-0.3, -0.25) is 4.79 Å². The minimum Gasteiger partial charge on any atom is -0.479 e. The van der Waals surface area contributed by atoms with Crippen molar-refractivity contribution in [3.63, 3.8) is 0 Å². The van der Waals surface area contributed by atoms with Crippen LogP contribution < -0.4 is 5.32 Å². The van der Waals surface area contributed by atoms with Crippen molar-refractivity contribution in [1.82, 2.24) is 5.32 Å². The zero-order valence-corrected chi connectivity index (χ0v) is 12.9. The van der Waals surface area contributed by atoms with Crippen LogP contribution in [0.5, 0.6) is 0 Å². The lowest BCUT2D eigenvalue weighted by Gasteiger charge is -2.19. The second-order valence-electron chi connectivity index (χ2n) is 6.41. The van der Waals surface area contributed by atoms with Gasteiger partial charge in [-0.2, -0.15) is 0 Å². The Kier molecular flexibility index (Phi) is 5.47. The number of aryl methyl sites for hydroxylation is 1. The SMILES string of the molecule is Cc1cc(C(NC(=O)CCC(C)(C)C)C(=O)O)ccc1F. The maximum absolute atomic E-state index is 13.2. The lowest BCUT2D eigenvalue weighted by molar-refractivity contribution is -0.142. The Bertz CT molecular complexity index is 535. The lowest BCUT2D eigenvalue weighted by Crippen LogP contribution is -2.34. The van der Waals surface area contributed by atoms with E-state index in [0.29, 0.717) is 17.5 Å². The fourth-order valence-corrected chi connectivity index (χ4v) is 1.86. The Hall–Kier alpha value is -1.91. The van der Waals surface area contributed by atoms with E-state index in [1.165, 1.54) is 18.2 Å². The van der Waals surface area contributed by atoms with Gasteiger partial charge in [0, 0.05) is 6.42 Å². The molecule has 0 heterocycles. The van der Waals surface area contributed by atoms with Crippen LogP contribution in [0.1, 0.15) is 50.8 Å². The Morgan fingerprint density at radius 1 is 1.33 bits per heavy atom. The van der Waals surface area contributed by atoms with Gasteiger partial charge in [0.25, 0.3) is 0 Å². The summed E-state index contributed by atoms with van der Waals surface area (Å²) in [6, 6.07) is 2.88. The number of hydrogen-bond acceptors (Lipinski definition) is 2. The van der Waals surface area contributed by atoms with Crippen LogP contribution >= 0.6 is 0 Å². The summed E-state index contributed by atoms with van der Waals surface area (Å²) >= 11 is 0. The molecule has 0 aliphatic rings. The van der Waals surface area contributed by atoms with Crippen molar-refractivity contribution in [1.29, 1.82) is 0 Å². The van der Waals surface area contributed by atoms with Crippen molar-refractivity contribution >= 4 is 11.9 Å². The Balaban J connectivity index is 2.81. The Morgan fingerprint density at radius 2 is 1.95 bits per heavy atom. The number of benzene rings is 1. The third-order valence-electron chi connectivity index (χ3n) is 3.17. The van der Waals surface area contributed by atoms with E-state index in [1.54, 1.807) is 6.92 Å². The first kappa shape index (κ1) is 17.1. The van der Waals surface area contributed by atoms with E-state index >= 15 is 0 Å². The van der Waals surface area contributed by atoms with Crippen molar-refractivity contribution in [2.24, 2.45) is 5.41 Å². The summed E-state index contributed by atoms with van der Waals surface area (Å²) in [4.78, 5) is 23.2. The molecule has 4 nitrogen and oxygen atoms in total. The van der Waals surface area contributed by atoms with E-state index in [0.717, 1.165) is 0 Å². The molecule has 0 bridgehead atoms. The van der Waals surface area contributed by atoms with Crippen LogP contribution in [0.3, 0.4) is 0 Å². The highest BCUT2D eigenvalue weighted by Gasteiger charge is 2.23. The molecule has 1 unspecified atom stereocenters. The number of nitrogens with one attached hydrogen (secondary N) is 1. The molecule has 0 saturated heterocycles. The predicted octanol–water partition coefficient (Wildman–Crippen LogP) is 3.20. The van der Waals surface area contributed by atoms with Crippen LogP contribution in [-0.2, 0) is 9.59 Å². The van der Waals surface area contributed by atoms with Gasteiger partial charge < -0.3 is 10.4 Å². The van der Waals surface area contributed by atoms with Crippen LogP contribution in [0.25, 0.3) is 0 Å². The first-order valence-corrected chi connectivity index (χ1v) is 6.88. The first-order chi connectivity index (χ1) is 9.60. The quantitative estimate of drug-likeness (QED) is 0.876. The Morgan fingerprint density at radius 3 is 2.43 bits per heavy atom. The van der Waals surface area contributed by atoms with Crippen molar-refractivity contribution in [2.75, 3.05) is 0 Å². The normalized spacial score (nSPS) is 12.8. The molecule has 0 fully saturated rings. The fourth-order valence-electron chi connectivity index (χ4n) is 1.86. The number of carbonyl (C=O) groups excluding carboxylic acids is 1. The van der Waals surface area contributed by atoms with Crippen molar-refractivity contribution in [2.45, 2.75) is 46.6 Å². The lowest BCUT2D eigenvalue weighted by atomic mass is 9.90. The maximum atomic E-state index is 13.2. The molecule has 2 N–H and O–H groups in total. The largest absolute Gasteiger partial charge is 0.479 e. The van der Waals surface area contributed by atoms with E-state index in [9.17, 15) is 19.1 Å². The number of aliphatic carboxylic acids is 1. The molecule has 0 radical (unpaired) electrons. The van der Waals surface area contributed by atoms with Crippen molar-refractivity contribution < 1.29 is 19.1 Å². The van der Waals surface area contributed by atoms with E-state index < -0.39 is 17.8 Å². The molecule has 1 aromatic rings. The first-order valence-electron chi connectivity index (χ1n) is 6.88. The summed E-state index contributed by atoms with van der Waals surface area (Å²) in [5.74, 6) is -1.88. The van der Waals surface area contributed by atoms with Crippen LogP contribution in [0.15, 0.2) is 18.2 Å². The van der Waals surface area contributed by atoms with E-state index in [4.69, 9.17) is 0 Å². The minimum absolute atomic E-state index is 0.00250. The topological polar surface area (TPSA) is 66.4 Å². The second kappa shape index (κ2) is 6.70. The summed E-state index contributed by atoms with van der Waals surface area (Å²) < 4.78 is 13.2. The number of rotatable bonds is 5. The summed E-state index contributed by atoms with van der Waals surface area (Å²) in [6.07, 6.45) is 0.918. The van der Waals surface area contributed by atoms with Gasteiger partial charge in [0.2, 0.25) is 5.91 Å². The zero-order chi connectivity index (χ0) is 16.2. The summed E-state index contributed by atoms with van der Waals surface area (Å²) in [6.45, 7) is 7.59. The maximum Gasteiger partial charge on any atom is 0.330 e. The monoisotopic (exact) mass is 295 g/mol. The van der Waals surface area contributed by atoms with Gasteiger partial charge in [0.1, 0.15) is 5.82 Å². The van der Waals surface area contributed by atoms with Gasteiger partial charge >= 0.3 is 5.97 Å². The van der Waals surface area contributed by atoms with Gasteiger partial charge in [-0.05, 0) is 36.0 Å². The smallest absolute Gasteiger partial charge is 0.330 e. The molecule has 0 aliphatic heterocycles. The molecule has 0 aromatic heterocycles. The molecule has 1 amide bonds. The van der Waals surface area contributed by atoms with Crippen LogP contribution in [0, 0.1) is 18.2 Å². The number of carboxylic acid groups (broad SMARTS) is 1. The molecule has 1 atom stereocenters. The van der Waals surface area contributed by atoms with Crippen LogP contribution in [-0.4, -0.2) is 17.0 Å². The van der Waals surface area contributed by atoms with Gasteiger partial charge in [-0.25, -0.2) is 9.18 Å². The molecule has 1 aromatic carbocycles. The molecular formula is C16H22FNO3. The molecular weight excluding hydrogens is 273 g/mol. The van der Waals surface area contributed by atoms with Gasteiger partial charge in [0.05, 0.1) is 0 Å². The number of carboxylic acids is 1. The average molecular weight is 295 g/mol. The Labute approximate surface area is 124 Å². The van der Waals surface area contributed by atoms with Crippen LogP contribution in [0.2, 0.25) is 0 Å². The third-order valence-corrected chi connectivity index (χ3v) is 3.17. The summed E-state index contributed by atoms with van der Waals surface area (Å²) in [5, 5.41) is 11.7. The summed E-state index contributed by atoms with van der Waals surface area (Å²) in [5.41, 5.74) is 0.718. The average Bonchev–Trinajstić information content (AvgIpc) is 2.36. The van der Waals surface area contributed by atoms with Gasteiger partial charge in [-0.1, -0.05) is 32.9 Å². The van der Waals surface area contributed by atoms with Gasteiger partial charge in [-0.15, -0.1) is 0 Å². The fraction of sp³-hybridized carbons (Fsp3) is 0.500. The van der Waals surface area contributed by atoms with E-state index in [1.807, 2.05) is 20.8 Å². The zero-order valence-electron chi connectivity index (χ0n) is 12.9. The summed E-state index contributed by atoms with van der Waals surface area (Å²) in [7, 11) is 0. The standard InChI is InChI=1S/C16H22FNO3/c1-10-9-11(5-6-12(10)17)14(15(20)21)18-13(19)7-8-16(2,3)4/h5-6,9,14H,7-8H2,1-4H3,(H,18,19)(H,20,21). The molecule has 1 rings (SSSR count).